The van der Waals surface area contributed by atoms with Crippen molar-refractivity contribution in [1.29, 1.82) is 0 Å². The first-order chi connectivity index (χ1) is 16.4. The van der Waals surface area contributed by atoms with Crippen LogP contribution in [-0.2, 0) is 6.42 Å². The van der Waals surface area contributed by atoms with Gasteiger partial charge in [-0.2, -0.15) is 0 Å². The van der Waals surface area contributed by atoms with Crippen molar-refractivity contribution in [3.63, 3.8) is 0 Å². The first-order valence-corrected chi connectivity index (χ1v) is 12.7. The lowest BCUT2D eigenvalue weighted by molar-refractivity contribution is 0.555. The quantitative estimate of drug-likeness (QED) is 0.253. The smallest absolute Gasteiger partial charge is 0.00921 e. The van der Waals surface area contributed by atoms with Crippen LogP contribution in [0.15, 0.2) is 91.0 Å². The zero-order valence-electron chi connectivity index (χ0n) is 21.4. The van der Waals surface area contributed by atoms with Gasteiger partial charge in [-0.05, 0) is 104 Å². The van der Waals surface area contributed by atoms with Crippen molar-refractivity contribution < 1.29 is 0 Å². The van der Waals surface area contributed by atoms with Gasteiger partial charge in [-0.15, -0.1) is 0 Å². The number of benzene rings is 4. The molecule has 0 aliphatic heterocycles. The van der Waals surface area contributed by atoms with Crippen LogP contribution in [-0.4, -0.2) is 0 Å². The lowest BCUT2D eigenvalue weighted by Crippen LogP contribution is -2.10. The Morgan fingerprint density at radius 2 is 1.21 bits per heavy atom. The van der Waals surface area contributed by atoms with Crippen LogP contribution in [0.25, 0.3) is 0 Å². The van der Waals surface area contributed by atoms with Gasteiger partial charge in [0, 0.05) is 5.92 Å². The molecule has 0 aliphatic carbocycles. The molecule has 0 saturated carbocycles. The Morgan fingerprint density at radius 3 is 1.85 bits per heavy atom. The van der Waals surface area contributed by atoms with E-state index < -0.39 is 0 Å². The van der Waals surface area contributed by atoms with E-state index in [1.54, 1.807) is 0 Å². The minimum absolute atomic E-state index is 0.411. The highest BCUT2D eigenvalue weighted by Crippen LogP contribution is 2.36. The molecule has 2 atom stereocenters. The van der Waals surface area contributed by atoms with Gasteiger partial charge in [0.2, 0.25) is 0 Å². The van der Waals surface area contributed by atoms with Crippen LogP contribution in [0.3, 0.4) is 0 Å². The predicted octanol–water partition coefficient (Wildman–Crippen LogP) is 9.17. The highest BCUT2D eigenvalue weighted by molar-refractivity contribution is 5.41. The highest BCUT2D eigenvalue weighted by atomic mass is 14.2. The second-order valence-electron chi connectivity index (χ2n) is 10.0. The lowest BCUT2D eigenvalue weighted by Gasteiger charge is -2.25. The summed E-state index contributed by atoms with van der Waals surface area (Å²) in [6, 6.07) is 33.8. The van der Waals surface area contributed by atoms with E-state index in [4.69, 9.17) is 0 Å². The summed E-state index contributed by atoms with van der Waals surface area (Å²) >= 11 is 0. The van der Waals surface area contributed by atoms with E-state index in [-0.39, 0.29) is 0 Å². The van der Waals surface area contributed by atoms with Crippen LogP contribution in [0.5, 0.6) is 0 Å². The molecule has 4 rings (SSSR count). The molecule has 0 aromatic heterocycles. The minimum atomic E-state index is 0.411. The first-order valence-electron chi connectivity index (χ1n) is 12.7. The van der Waals surface area contributed by atoms with Crippen LogP contribution in [0, 0.1) is 34.6 Å². The van der Waals surface area contributed by atoms with Crippen molar-refractivity contribution >= 4 is 0 Å². The second kappa shape index (κ2) is 10.9. The summed E-state index contributed by atoms with van der Waals surface area (Å²) in [4.78, 5) is 0. The Morgan fingerprint density at radius 1 is 0.559 bits per heavy atom. The molecule has 0 bridgehead atoms. The van der Waals surface area contributed by atoms with Crippen molar-refractivity contribution in [2.24, 2.45) is 0 Å². The van der Waals surface area contributed by atoms with Crippen LogP contribution < -0.4 is 0 Å². The monoisotopic (exact) mass is 446 g/mol. The van der Waals surface area contributed by atoms with Gasteiger partial charge in [0.1, 0.15) is 0 Å². The zero-order valence-corrected chi connectivity index (χ0v) is 21.4. The molecule has 4 aromatic rings. The molecule has 2 unspecified atom stereocenters. The topological polar surface area (TPSA) is 0 Å². The fourth-order valence-corrected chi connectivity index (χ4v) is 5.38. The summed E-state index contributed by atoms with van der Waals surface area (Å²) in [7, 11) is 0. The van der Waals surface area contributed by atoms with Crippen molar-refractivity contribution in [2.45, 2.75) is 65.7 Å². The van der Waals surface area contributed by atoms with E-state index in [1.165, 1.54) is 50.1 Å². The molecule has 0 N–H and O–H groups in total. The van der Waals surface area contributed by atoms with Gasteiger partial charge in [-0.3, -0.25) is 0 Å². The molecule has 0 radical (unpaired) electrons. The Balaban J connectivity index is 1.66. The summed E-state index contributed by atoms with van der Waals surface area (Å²) in [5.41, 5.74) is 12.8. The first kappa shape index (κ1) is 24.0. The van der Waals surface area contributed by atoms with E-state index in [1.807, 2.05) is 0 Å². The van der Waals surface area contributed by atoms with Gasteiger partial charge in [0.15, 0.2) is 0 Å². The lowest BCUT2D eigenvalue weighted by atomic mass is 9.79. The fourth-order valence-electron chi connectivity index (χ4n) is 5.38. The van der Waals surface area contributed by atoms with Crippen LogP contribution >= 0.6 is 0 Å². The summed E-state index contributed by atoms with van der Waals surface area (Å²) in [5.74, 6) is 0.910. The number of rotatable bonds is 8. The minimum Gasteiger partial charge on any atom is -0.0622 e. The highest BCUT2D eigenvalue weighted by Gasteiger charge is 2.21. The Labute approximate surface area is 206 Å². The van der Waals surface area contributed by atoms with Gasteiger partial charge in [0.25, 0.3) is 0 Å². The molecule has 0 spiro atoms. The third-order valence-electron chi connectivity index (χ3n) is 7.71. The van der Waals surface area contributed by atoms with Crippen LogP contribution in [0.1, 0.15) is 74.7 Å². The molecular weight excluding hydrogens is 408 g/mol. The van der Waals surface area contributed by atoms with Crippen molar-refractivity contribution in [2.75, 3.05) is 0 Å². The maximum Gasteiger partial charge on any atom is 0.00921 e. The van der Waals surface area contributed by atoms with E-state index in [0.717, 1.165) is 19.3 Å². The van der Waals surface area contributed by atoms with Gasteiger partial charge in [0.05, 0.1) is 0 Å². The molecule has 0 aliphatic rings. The van der Waals surface area contributed by atoms with Crippen LogP contribution in [0.4, 0.5) is 0 Å². The Bertz CT molecular complexity index is 1220. The third kappa shape index (κ3) is 5.50. The zero-order chi connectivity index (χ0) is 24.1. The maximum atomic E-state index is 2.35. The van der Waals surface area contributed by atoms with Crippen molar-refractivity contribution in [1.82, 2.24) is 0 Å². The average Bonchev–Trinajstić information content (AvgIpc) is 2.85. The van der Waals surface area contributed by atoms with Crippen molar-refractivity contribution in [3.05, 3.63) is 141 Å². The molecule has 0 saturated heterocycles. The molecule has 0 heteroatoms. The second-order valence-corrected chi connectivity index (χ2v) is 10.0. The summed E-state index contributed by atoms with van der Waals surface area (Å²) in [6.07, 6.45) is 3.38. The van der Waals surface area contributed by atoms with Gasteiger partial charge in [-0.25, -0.2) is 0 Å². The van der Waals surface area contributed by atoms with Crippen LogP contribution in [0.2, 0.25) is 0 Å². The summed E-state index contributed by atoms with van der Waals surface area (Å²) < 4.78 is 0. The van der Waals surface area contributed by atoms with Gasteiger partial charge in [-0.1, -0.05) is 96.6 Å². The molecule has 0 nitrogen and oxygen atoms in total. The summed E-state index contributed by atoms with van der Waals surface area (Å²) in [6.45, 7) is 11.2. The standard InChI is InChI=1S/C34H38/c1-24-16-20-33(26(3)22-24)34(30-14-10-7-11-15-30)21-19-32(29-12-8-6-9-13-29)23-31-18-17-25(2)27(4)28(31)5/h6-18,20,22,32,34H,19,21,23H2,1-5H3. The Kier molecular flexibility index (Phi) is 7.68. The molecule has 34 heavy (non-hydrogen) atoms. The molecule has 0 heterocycles. The largest absolute Gasteiger partial charge is 0.0622 e. The SMILES string of the molecule is Cc1ccc(C(CCC(Cc2ccc(C)c(C)c2C)c2ccccc2)c2ccccc2)c(C)c1. The molecule has 4 aromatic carbocycles. The number of hydrogen-bond acceptors (Lipinski definition) is 0. The molecule has 0 fully saturated rings. The number of aryl methyl sites for hydroxylation is 3. The number of hydrogen-bond donors (Lipinski definition) is 0. The van der Waals surface area contributed by atoms with E-state index >= 15 is 0 Å². The van der Waals surface area contributed by atoms with E-state index in [2.05, 4.69) is 126 Å². The van der Waals surface area contributed by atoms with E-state index in [9.17, 15) is 0 Å². The molecule has 174 valence electrons. The molecular formula is C34H38. The summed E-state index contributed by atoms with van der Waals surface area (Å²) in [5, 5.41) is 0. The van der Waals surface area contributed by atoms with Crippen molar-refractivity contribution in [3.8, 4) is 0 Å². The predicted molar refractivity (Wildman–Crippen MR) is 147 cm³/mol. The average molecular weight is 447 g/mol. The normalized spacial score (nSPS) is 13.0. The maximum absolute atomic E-state index is 2.35. The third-order valence-corrected chi connectivity index (χ3v) is 7.71. The fraction of sp³-hybridized carbons (Fsp3) is 0.294. The van der Waals surface area contributed by atoms with Gasteiger partial charge < -0.3 is 0 Å². The van der Waals surface area contributed by atoms with E-state index in [0.29, 0.717) is 11.8 Å². The molecule has 0 amide bonds. The Hall–Kier alpha value is -3.12. The van der Waals surface area contributed by atoms with Gasteiger partial charge >= 0.3 is 0 Å².